The Morgan fingerprint density at radius 2 is 1.46 bits per heavy atom. The molecule has 4 rings (SSSR count). The Hall–Kier alpha value is -2.62. The minimum absolute atomic E-state index is 0.343. The third kappa shape index (κ3) is 3.00. The first kappa shape index (κ1) is 16.8. The zero-order chi connectivity index (χ0) is 18.1. The van der Waals surface area contributed by atoms with Gasteiger partial charge in [-0.2, -0.15) is 0 Å². The highest BCUT2D eigenvalue weighted by Crippen LogP contribution is 2.39. The molecule has 0 spiro atoms. The SMILES string of the molecule is Fc1ccccc1-c1nc(-c2ccccc2)c(-c2cccc(Cl)c2Cl)[nH]1. The van der Waals surface area contributed by atoms with E-state index in [2.05, 4.69) is 9.97 Å². The van der Waals surface area contributed by atoms with Gasteiger partial charge >= 0.3 is 0 Å². The summed E-state index contributed by atoms with van der Waals surface area (Å²) in [5, 5.41) is 0.875. The lowest BCUT2D eigenvalue weighted by atomic mass is 10.1. The highest BCUT2D eigenvalue weighted by atomic mass is 35.5. The van der Waals surface area contributed by atoms with Crippen molar-refractivity contribution in [2.45, 2.75) is 0 Å². The summed E-state index contributed by atoms with van der Waals surface area (Å²) in [6.07, 6.45) is 0. The van der Waals surface area contributed by atoms with Gasteiger partial charge in [0.25, 0.3) is 0 Å². The standard InChI is InChI=1S/C21H13Cl2FN2/c22-16-11-6-10-15(18(16)23)20-19(13-7-2-1-3-8-13)25-21(26-20)14-9-4-5-12-17(14)24/h1-12H,(H,25,26). The Morgan fingerprint density at radius 1 is 0.769 bits per heavy atom. The van der Waals surface area contributed by atoms with Crippen LogP contribution in [0.2, 0.25) is 10.0 Å². The fraction of sp³-hybridized carbons (Fsp3) is 0. The number of halogens is 3. The molecule has 3 aromatic carbocycles. The van der Waals surface area contributed by atoms with E-state index in [1.165, 1.54) is 6.07 Å². The van der Waals surface area contributed by atoms with Crippen molar-refractivity contribution in [1.29, 1.82) is 0 Å². The molecular formula is C21H13Cl2FN2. The minimum Gasteiger partial charge on any atom is -0.337 e. The first-order valence-electron chi connectivity index (χ1n) is 8.00. The highest BCUT2D eigenvalue weighted by molar-refractivity contribution is 6.43. The van der Waals surface area contributed by atoms with Gasteiger partial charge in [0.15, 0.2) is 0 Å². The number of benzene rings is 3. The van der Waals surface area contributed by atoms with Crippen LogP contribution < -0.4 is 0 Å². The van der Waals surface area contributed by atoms with Crippen LogP contribution in [0.4, 0.5) is 4.39 Å². The lowest BCUT2D eigenvalue weighted by molar-refractivity contribution is 0.630. The molecule has 1 aromatic heterocycles. The molecule has 0 fully saturated rings. The van der Waals surface area contributed by atoms with Crippen LogP contribution in [0, 0.1) is 5.82 Å². The lowest BCUT2D eigenvalue weighted by Crippen LogP contribution is -1.86. The monoisotopic (exact) mass is 382 g/mol. The molecular weight excluding hydrogens is 370 g/mol. The van der Waals surface area contributed by atoms with Gasteiger partial charge in [0.1, 0.15) is 11.6 Å². The van der Waals surface area contributed by atoms with Gasteiger partial charge < -0.3 is 4.98 Å². The molecule has 26 heavy (non-hydrogen) atoms. The predicted octanol–water partition coefficient (Wildman–Crippen LogP) is 6.86. The van der Waals surface area contributed by atoms with Crippen LogP contribution in [0.25, 0.3) is 33.9 Å². The molecule has 0 saturated heterocycles. The lowest BCUT2D eigenvalue weighted by Gasteiger charge is -2.06. The van der Waals surface area contributed by atoms with Crippen molar-refractivity contribution < 1.29 is 4.39 Å². The molecule has 2 nitrogen and oxygen atoms in total. The van der Waals surface area contributed by atoms with Crippen molar-refractivity contribution in [2.24, 2.45) is 0 Å². The maximum Gasteiger partial charge on any atom is 0.141 e. The Kier molecular flexibility index (Phi) is 4.49. The van der Waals surface area contributed by atoms with Gasteiger partial charge in [0.2, 0.25) is 0 Å². The minimum atomic E-state index is -0.343. The average Bonchev–Trinajstić information content (AvgIpc) is 3.10. The molecule has 0 bridgehead atoms. The largest absolute Gasteiger partial charge is 0.337 e. The van der Waals surface area contributed by atoms with E-state index in [-0.39, 0.29) is 5.82 Å². The number of hydrogen-bond donors (Lipinski definition) is 1. The third-order valence-electron chi connectivity index (χ3n) is 4.10. The molecule has 4 aromatic rings. The van der Waals surface area contributed by atoms with Gasteiger partial charge in [-0.05, 0) is 18.2 Å². The molecule has 0 aliphatic carbocycles. The van der Waals surface area contributed by atoms with E-state index in [9.17, 15) is 4.39 Å². The maximum atomic E-state index is 14.3. The van der Waals surface area contributed by atoms with Crippen molar-refractivity contribution in [3.63, 3.8) is 0 Å². The molecule has 0 atom stereocenters. The molecule has 0 radical (unpaired) electrons. The summed E-state index contributed by atoms with van der Waals surface area (Å²) >= 11 is 12.6. The molecule has 1 N–H and O–H groups in total. The Balaban J connectivity index is 1.98. The van der Waals surface area contributed by atoms with Gasteiger partial charge in [-0.3, -0.25) is 0 Å². The van der Waals surface area contributed by atoms with E-state index in [1.54, 1.807) is 24.3 Å². The number of nitrogens with one attached hydrogen (secondary N) is 1. The number of hydrogen-bond acceptors (Lipinski definition) is 1. The van der Waals surface area contributed by atoms with Crippen LogP contribution in [0.5, 0.6) is 0 Å². The van der Waals surface area contributed by atoms with Crippen molar-refractivity contribution in [2.75, 3.05) is 0 Å². The van der Waals surface area contributed by atoms with Gasteiger partial charge in [0.05, 0.1) is 27.0 Å². The summed E-state index contributed by atoms with van der Waals surface area (Å²) in [6.45, 7) is 0. The molecule has 0 aliphatic heterocycles. The first-order valence-corrected chi connectivity index (χ1v) is 8.75. The van der Waals surface area contributed by atoms with Crippen LogP contribution in [0.15, 0.2) is 72.8 Å². The second-order valence-corrected chi connectivity index (χ2v) is 6.54. The van der Waals surface area contributed by atoms with Crippen LogP contribution in [0.1, 0.15) is 0 Å². The third-order valence-corrected chi connectivity index (χ3v) is 4.92. The summed E-state index contributed by atoms with van der Waals surface area (Å²) in [6, 6.07) is 21.6. The molecule has 5 heteroatoms. The summed E-state index contributed by atoms with van der Waals surface area (Å²) in [5.74, 6) is 0.0950. The number of rotatable bonds is 3. The van der Waals surface area contributed by atoms with Crippen molar-refractivity contribution in [3.05, 3.63) is 88.7 Å². The van der Waals surface area contributed by atoms with E-state index in [0.29, 0.717) is 38.4 Å². The van der Waals surface area contributed by atoms with Crippen molar-refractivity contribution >= 4 is 23.2 Å². The molecule has 0 amide bonds. The normalized spacial score (nSPS) is 10.9. The number of aromatic amines is 1. The second-order valence-electron chi connectivity index (χ2n) is 5.76. The van der Waals surface area contributed by atoms with Crippen molar-refractivity contribution in [1.82, 2.24) is 9.97 Å². The number of nitrogens with zero attached hydrogens (tertiary/aromatic N) is 1. The summed E-state index contributed by atoms with van der Waals surface area (Å²) in [5.41, 5.74) is 3.40. The maximum absolute atomic E-state index is 14.3. The van der Waals surface area contributed by atoms with Crippen LogP contribution >= 0.6 is 23.2 Å². The zero-order valence-corrected chi connectivity index (χ0v) is 15.0. The molecule has 0 unspecified atom stereocenters. The topological polar surface area (TPSA) is 28.7 Å². The number of aromatic nitrogens is 2. The first-order chi connectivity index (χ1) is 12.6. The molecule has 128 valence electrons. The Morgan fingerprint density at radius 3 is 2.23 bits per heavy atom. The van der Waals surface area contributed by atoms with Gasteiger partial charge in [-0.25, -0.2) is 9.37 Å². The summed E-state index contributed by atoms with van der Waals surface area (Å²) in [7, 11) is 0. The zero-order valence-electron chi connectivity index (χ0n) is 13.5. The van der Waals surface area contributed by atoms with Crippen LogP contribution in [-0.4, -0.2) is 9.97 Å². The van der Waals surface area contributed by atoms with Gasteiger partial charge in [-0.1, -0.05) is 77.8 Å². The Labute approximate surface area is 160 Å². The smallest absolute Gasteiger partial charge is 0.141 e. The summed E-state index contributed by atoms with van der Waals surface area (Å²) in [4.78, 5) is 7.89. The molecule has 0 aliphatic rings. The Bertz CT molecular complexity index is 1070. The predicted molar refractivity (Wildman–Crippen MR) is 105 cm³/mol. The number of H-pyrrole nitrogens is 1. The van der Waals surface area contributed by atoms with Gasteiger partial charge in [-0.15, -0.1) is 0 Å². The van der Waals surface area contributed by atoms with E-state index >= 15 is 0 Å². The van der Waals surface area contributed by atoms with E-state index in [4.69, 9.17) is 23.2 Å². The number of imidazole rings is 1. The molecule has 0 saturated carbocycles. The van der Waals surface area contributed by atoms with Crippen molar-refractivity contribution in [3.8, 4) is 33.9 Å². The molecule has 1 heterocycles. The fourth-order valence-corrected chi connectivity index (χ4v) is 3.25. The average molecular weight is 383 g/mol. The van der Waals surface area contributed by atoms with E-state index in [1.807, 2.05) is 42.5 Å². The van der Waals surface area contributed by atoms with Gasteiger partial charge in [0, 0.05) is 11.1 Å². The van der Waals surface area contributed by atoms with E-state index in [0.717, 1.165) is 5.56 Å². The fourth-order valence-electron chi connectivity index (χ4n) is 2.85. The van der Waals surface area contributed by atoms with E-state index < -0.39 is 0 Å². The highest BCUT2D eigenvalue weighted by Gasteiger charge is 2.19. The van der Waals surface area contributed by atoms with Crippen LogP contribution in [-0.2, 0) is 0 Å². The quantitative estimate of drug-likeness (QED) is 0.411. The second kappa shape index (κ2) is 6.94. The van der Waals surface area contributed by atoms with Crippen LogP contribution in [0.3, 0.4) is 0 Å². The summed E-state index contributed by atoms with van der Waals surface area (Å²) < 4.78 is 14.3.